The van der Waals surface area contributed by atoms with Gasteiger partial charge in [0.25, 0.3) is 0 Å². The van der Waals surface area contributed by atoms with E-state index in [0.29, 0.717) is 17.4 Å². The van der Waals surface area contributed by atoms with Gasteiger partial charge in [0.15, 0.2) is 11.5 Å². The van der Waals surface area contributed by atoms with E-state index >= 15 is 0 Å². The summed E-state index contributed by atoms with van der Waals surface area (Å²) >= 11 is 5.82. The molecule has 0 unspecified atom stereocenters. The summed E-state index contributed by atoms with van der Waals surface area (Å²) in [4.78, 5) is 0. The number of nitrogens with zero attached hydrogens (tertiary/aromatic N) is 6. The normalized spacial score (nSPS) is 10.0. The molecule has 0 amide bonds. The van der Waals surface area contributed by atoms with Gasteiger partial charge in [-0.25, -0.2) is 13.8 Å². The second-order valence-electron chi connectivity index (χ2n) is 5.78. The quantitative estimate of drug-likeness (QED) is 0.127. The molecule has 0 aliphatic carbocycles. The van der Waals surface area contributed by atoms with Crippen LogP contribution in [-0.4, -0.2) is 33.3 Å². The Balaban J connectivity index is -0.00000169. The highest BCUT2D eigenvalue weighted by Gasteiger charge is 2.17. The summed E-state index contributed by atoms with van der Waals surface area (Å²) in [6.07, 6.45) is 8.45. The van der Waals surface area contributed by atoms with Crippen molar-refractivity contribution in [2.24, 2.45) is 10.2 Å². The Bertz CT molecular complexity index is 666. The molecule has 2 aromatic heterocycles. The third-order valence-corrected chi connectivity index (χ3v) is 4.12. The molecule has 2 aromatic rings. The van der Waals surface area contributed by atoms with Crippen LogP contribution in [0, 0.1) is 0 Å². The van der Waals surface area contributed by atoms with Crippen LogP contribution in [0.2, 0.25) is 0 Å². The minimum Gasteiger partial charge on any atom is -1.00 e. The molecule has 10 nitrogen and oxygen atoms in total. The first kappa shape index (κ1) is 32.7. The summed E-state index contributed by atoms with van der Waals surface area (Å²) in [5.41, 5.74) is 14.4. The van der Waals surface area contributed by atoms with Crippen molar-refractivity contribution in [2.75, 3.05) is 24.7 Å². The molecule has 0 radical (unpaired) electrons. The van der Waals surface area contributed by atoms with Crippen LogP contribution in [0.25, 0.3) is 0 Å². The number of hydrogen-bond acceptors (Lipinski definition) is 5. The molecule has 0 aliphatic rings. The van der Waals surface area contributed by atoms with E-state index in [2.05, 4.69) is 35.9 Å². The number of nitrogens with two attached hydrogens (primary N) is 1. The first-order chi connectivity index (χ1) is 12.2. The Hall–Kier alpha value is -0.950. The van der Waals surface area contributed by atoms with Crippen molar-refractivity contribution in [3.8, 4) is 0 Å². The number of anilines is 1. The summed E-state index contributed by atoms with van der Waals surface area (Å²) in [6.45, 7) is 4.11. The molecule has 0 aliphatic heterocycles. The van der Waals surface area contributed by atoms with Crippen molar-refractivity contribution in [2.45, 2.75) is 38.9 Å². The molecule has 170 valence electrons. The molecule has 0 aromatic carbocycles. The number of imidazole rings is 1. The molecule has 0 atom stereocenters. The largest absolute Gasteiger partial charge is 1.00 e. The van der Waals surface area contributed by atoms with Gasteiger partial charge in [0.1, 0.15) is 0 Å². The van der Waals surface area contributed by atoms with Gasteiger partial charge in [-0.3, -0.25) is 0 Å². The number of nitrogen functional groups attached to an aromatic ring is 1. The Morgan fingerprint density at radius 1 is 1.10 bits per heavy atom. The number of aryl methyl sites for hydroxylation is 3. The summed E-state index contributed by atoms with van der Waals surface area (Å²) in [5, 5.41) is 13.0. The number of aromatic nitrogens is 4. The maximum atomic E-state index is 6.11. The predicted molar refractivity (Wildman–Crippen MR) is 101 cm³/mol. The molecule has 14 heteroatoms. The average molecular weight is 539 g/mol. The molecule has 0 spiro atoms. The highest BCUT2D eigenvalue weighted by Crippen LogP contribution is 2.23. The topological polar surface area (TPSA) is 168 Å². The lowest BCUT2D eigenvalue weighted by Crippen LogP contribution is -3.00. The summed E-state index contributed by atoms with van der Waals surface area (Å²) in [7, 11) is 0. The lowest BCUT2D eigenvalue weighted by Gasteiger charge is -2.00. The van der Waals surface area contributed by atoms with Crippen molar-refractivity contribution < 1.29 is 57.8 Å². The summed E-state index contributed by atoms with van der Waals surface area (Å²) < 4.78 is 5.87. The number of rotatable bonds is 11. The Labute approximate surface area is 199 Å². The van der Waals surface area contributed by atoms with Gasteiger partial charge in [0.2, 0.25) is 0 Å². The molecule has 29 heavy (non-hydrogen) atoms. The molecule has 0 bridgehead atoms. The smallest absolute Gasteiger partial charge is 0.421 e. The van der Waals surface area contributed by atoms with Crippen LogP contribution in [0.5, 0.6) is 0 Å². The van der Waals surface area contributed by atoms with Crippen LogP contribution in [0.4, 0.5) is 17.5 Å². The van der Waals surface area contributed by atoms with Crippen molar-refractivity contribution in [1.29, 1.82) is 0 Å². The van der Waals surface area contributed by atoms with Crippen molar-refractivity contribution in [3.63, 3.8) is 0 Å². The zero-order valence-corrected chi connectivity index (χ0v) is 20.3. The van der Waals surface area contributed by atoms with Gasteiger partial charge in [-0.1, -0.05) is 5.11 Å². The van der Waals surface area contributed by atoms with E-state index in [-0.39, 0.29) is 47.9 Å². The zero-order valence-electron chi connectivity index (χ0n) is 16.5. The SMILES string of the molecule is N.Nc1c(N=Nc2n(CCC[NH3+])cc[n+]2CCCCl)cnn1CCC[NH3+].[Br-].[Cl-].[Cl-]. The van der Waals surface area contributed by atoms with Crippen molar-refractivity contribution in [1.82, 2.24) is 20.5 Å². The summed E-state index contributed by atoms with van der Waals surface area (Å²) in [5.74, 6) is 1.92. The minimum atomic E-state index is 0. The van der Waals surface area contributed by atoms with Crippen LogP contribution >= 0.6 is 11.6 Å². The van der Waals surface area contributed by atoms with Gasteiger partial charge < -0.3 is 65.1 Å². The lowest BCUT2D eigenvalue weighted by molar-refractivity contribution is -0.683. The predicted octanol–water partition coefficient (Wildman–Crippen LogP) is -8.96. The molecule has 0 saturated heterocycles. The van der Waals surface area contributed by atoms with Gasteiger partial charge in [0, 0.05) is 30.4 Å². The van der Waals surface area contributed by atoms with E-state index < -0.39 is 0 Å². The van der Waals surface area contributed by atoms with E-state index in [4.69, 9.17) is 17.3 Å². The average Bonchev–Trinajstić information content (AvgIpc) is 3.17. The molecule has 0 fully saturated rings. The standard InChI is InChI=1S/C15H26ClN9.BrH.2ClH.H3N/c16-4-1-7-23-10-11-24(8-2-5-17)15(23)22-21-13-12-20-25(14(13)19)9-3-6-18;;;;/h10-12,19H,1-9,17-18H2;3*1H;1H3. The molecule has 11 N–H and O–H groups in total. The molecule has 2 heterocycles. The fraction of sp³-hybridized carbons (Fsp3) is 0.600. The Kier molecular flexibility index (Phi) is 20.2. The van der Waals surface area contributed by atoms with Crippen LogP contribution in [-0.2, 0) is 19.6 Å². The number of azo groups is 1. The number of halogens is 4. The van der Waals surface area contributed by atoms with Crippen molar-refractivity contribution in [3.05, 3.63) is 18.6 Å². The fourth-order valence-corrected chi connectivity index (χ4v) is 2.56. The van der Waals surface area contributed by atoms with Crippen LogP contribution in [0.3, 0.4) is 0 Å². The number of quaternary nitrogens is 2. The monoisotopic (exact) mass is 536 g/mol. The van der Waals surface area contributed by atoms with E-state index in [0.717, 1.165) is 57.9 Å². The number of hydrogen-bond donors (Lipinski definition) is 4. The Morgan fingerprint density at radius 3 is 2.38 bits per heavy atom. The maximum Gasteiger partial charge on any atom is 0.421 e. The van der Waals surface area contributed by atoms with E-state index in [1.54, 1.807) is 10.9 Å². The fourth-order valence-electron chi connectivity index (χ4n) is 2.44. The molecular formula is C15H32BrCl3N10. The highest BCUT2D eigenvalue weighted by atomic mass is 79.9. The zero-order chi connectivity index (χ0) is 18.1. The first-order valence-electron chi connectivity index (χ1n) is 8.67. The van der Waals surface area contributed by atoms with Gasteiger partial charge in [-0.15, -0.1) is 11.6 Å². The van der Waals surface area contributed by atoms with Gasteiger partial charge in [-0.05, 0) is 6.42 Å². The second-order valence-corrected chi connectivity index (χ2v) is 6.16. The van der Waals surface area contributed by atoms with Gasteiger partial charge in [0.05, 0.1) is 44.8 Å². The van der Waals surface area contributed by atoms with Crippen molar-refractivity contribution >= 4 is 29.1 Å². The summed E-state index contributed by atoms with van der Waals surface area (Å²) in [6, 6.07) is 0. The minimum absolute atomic E-state index is 0. The van der Waals surface area contributed by atoms with E-state index in [9.17, 15) is 0 Å². The second kappa shape index (κ2) is 17.9. The van der Waals surface area contributed by atoms with E-state index in [1.807, 2.05) is 12.4 Å². The molecule has 0 saturated carbocycles. The van der Waals surface area contributed by atoms with E-state index in [1.165, 1.54) is 0 Å². The third-order valence-electron chi connectivity index (χ3n) is 3.85. The van der Waals surface area contributed by atoms with Gasteiger partial charge in [-0.2, -0.15) is 5.10 Å². The lowest BCUT2D eigenvalue weighted by atomic mass is 10.4. The van der Waals surface area contributed by atoms with Crippen LogP contribution in [0.15, 0.2) is 28.8 Å². The number of alkyl halides is 1. The first-order valence-corrected chi connectivity index (χ1v) is 9.20. The maximum absolute atomic E-state index is 6.11. The Morgan fingerprint density at radius 2 is 1.76 bits per heavy atom. The third kappa shape index (κ3) is 9.60. The molecular weight excluding hydrogens is 506 g/mol. The molecule has 2 rings (SSSR count). The highest BCUT2D eigenvalue weighted by molar-refractivity contribution is 6.17. The van der Waals surface area contributed by atoms with Gasteiger partial charge >= 0.3 is 5.95 Å². The van der Waals surface area contributed by atoms with Crippen LogP contribution in [0.1, 0.15) is 19.3 Å². The van der Waals surface area contributed by atoms with Crippen LogP contribution < -0.4 is 69.7 Å².